The highest BCUT2D eigenvalue weighted by Gasteiger charge is 2.07. The van der Waals surface area contributed by atoms with Gasteiger partial charge in [0.1, 0.15) is 18.8 Å². The molecule has 0 atom stereocenters. The molecule has 0 amide bonds. The van der Waals surface area contributed by atoms with Gasteiger partial charge < -0.3 is 10.5 Å². The highest BCUT2D eigenvalue weighted by molar-refractivity contribution is 5.63. The topological polar surface area (TPSA) is 61.0 Å². The fourth-order valence-electron chi connectivity index (χ4n) is 1.55. The molecule has 4 nitrogen and oxygen atoms in total. The Morgan fingerprint density at radius 1 is 1.32 bits per heavy atom. The summed E-state index contributed by atoms with van der Waals surface area (Å²) in [7, 11) is 0. The van der Waals surface area contributed by atoms with Crippen LogP contribution < -0.4 is 10.5 Å². The molecule has 0 aliphatic heterocycles. The van der Waals surface area contributed by atoms with Crippen LogP contribution in [-0.2, 0) is 6.61 Å². The van der Waals surface area contributed by atoms with Crippen molar-refractivity contribution in [1.29, 1.82) is 0 Å². The van der Waals surface area contributed by atoms with Gasteiger partial charge in [-0.05, 0) is 17.7 Å². The van der Waals surface area contributed by atoms with Crippen molar-refractivity contribution in [3.8, 4) is 18.2 Å². The summed E-state index contributed by atoms with van der Waals surface area (Å²) in [6, 6.07) is 7.55. The number of hydrogen-bond donors (Lipinski definition) is 1. The third-order valence-corrected chi connectivity index (χ3v) is 2.58. The van der Waals surface area contributed by atoms with Crippen LogP contribution in [0.15, 0.2) is 37.2 Å². The van der Waals surface area contributed by atoms with Gasteiger partial charge in [0.15, 0.2) is 0 Å². The van der Waals surface area contributed by atoms with E-state index in [1.165, 1.54) is 6.33 Å². The number of benzene rings is 1. The summed E-state index contributed by atoms with van der Waals surface area (Å²) in [5.41, 5.74) is 8.14. The Balaban J connectivity index is 2.12. The highest BCUT2D eigenvalue weighted by Crippen LogP contribution is 2.21. The molecular weight excluding hydrogens is 238 g/mol. The maximum absolute atomic E-state index is 5.71. The average Bonchev–Trinajstić information content (AvgIpc) is 2.45. The molecule has 0 saturated heterocycles. The lowest BCUT2D eigenvalue weighted by Gasteiger charge is -2.09. The van der Waals surface area contributed by atoms with Crippen LogP contribution in [0.25, 0.3) is 6.08 Å². The van der Waals surface area contributed by atoms with E-state index >= 15 is 0 Å². The number of hydrogen-bond acceptors (Lipinski definition) is 4. The number of aromatic nitrogens is 2. The van der Waals surface area contributed by atoms with E-state index in [9.17, 15) is 0 Å². The van der Waals surface area contributed by atoms with Gasteiger partial charge in [-0.2, -0.15) is 0 Å². The lowest BCUT2D eigenvalue weighted by atomic mass is 10.1. The van der Waals surface area contributed by atoms with Crippen LogP contribution in [-0.4, -0.2) is 9.97 Å². The fraction of sp³-hybridized carbons (Fsp3) is 0.0667. The molecule has 0 aliphatic rings. The molecule has 2 rings (SSSR count). The summed E-state index contributed by atoms with van der Waals surface area (Å²) in [4.78, 5) is 7.92. The Kier molecular flexibility index (Phi) is 3.79. The lowest BCUT2D eigenvalue weighted by Crippen LogP contribution is -2.03. The average molecular weight is 251 g/mol. The largest absolute Gasteiger partial charge is 0.472 e. The molecule has 94 valence electrons. The van der Waals surface area contributed by atoms with E-state index < -0.39 is 0 Å². The monoisotopic (exact) mass is 251 g/mol. The first kappa shape index (κ1) is 12.7. The van der Waals surface area contributed by atoms with Crippen molar-refractivity contribution in [1.82, 2.24) is 9.97 Å². The summed E-state index contributed by atoms with van der Waals surface area (Å²) >= 11 is 0. The molecule has 0 unspecified atom stereocenters. The molecule has 0 bridgehead atoms. The zero-order chi connectivity index (χ0) is 13.7. The first-order valence-electron chi connectivity index (χ1n) is 5.66. The first-order chi connectivity index (χ1) is 9.24. The standard InChI is InChI=1S/C15H13N3O/c1-3-11-5-7-12(8-6-11)9-19-15-13(4-2)14(16)17-10-18-15/h1,4-8,10H,2,9H2,(H2,16,17,18). The molecular formula is C15H13N3O. The smallest absolute Gasteiger partial charge is 0.226 e. The van der Waals surface area contributed by atoms with Crippen molar-refractivity contribution in [3.63, 3.8) is 0 Å². The minimum Gasteiger partial charge on any atom is -0.472 e. The third-order valence-electron chi connectivity index (χ3n) is 2.58. The molecule has 0 fully saturated rings. The molecule has 0 radical (unpaired) electrons. The van der Waals surface area contributed by atoms with Crippen LogP contribution in [0.3, 0.4) is 0 Å². The highest BCUT2D eigenvalue weighted by atomic mass is 16.5. The predicted molar refractivity (Wildman–Crippen MR) is 75.2 cm³/mol. The quantitative estimate of drug-likeness (QED) is 0.847. The van der Waals surface area contributed by atoms with Crippen LogP contribution in [0.2, 0.25) is 0 Å². The number of terminal acetylenes is 1. The van der Waals surface area contributed by atoms with E-state index in [1.54, 1.807) is 6.08 Å². The summed E-state index contributed by atoms with van der Waals surface area (Å²) in [6.07, 6.45) is 8.23. The first-order valence-corrected chi connectivity index (χ1v) is 5.66. The van der Waals surface area contributed by atoms with Gasteiger partial charge in [0, 0.05) is 5.56 Å². The predicted octanol–water partition coefficient (Wildman–Crippen LogP) is 2.26. The molecule has 4 heteroatoms. The van der Waals surface area contributed by atoms with Crippen molar-refractivity contribution in [2.45, 2.75) is 6.61 Å². The summed E-state index contributed by atoms with van der Waals surface area (Å²) in [5.74, 6) is 3.33. The van der Waals surface area contributed by atoms with Crippen LogP contribution >= 0.6 is 0 Å². The van der Waals surface area contributed by atoms with E-state index in [0.717, 1.165) is 11.1 Å². The summed E-state index contributed by atoms with van der Waals surface area (Å²) < 4.78 is 5.61. The van der Waals surface area contributed by atoms with Gasteiger partial charge in [0.2, 0.25) is 5.88 Å². The van der Waals surface area contributed by atoms with Crippen LogP contribution in [0.1, 0.15) is 16.7 Å². The minimum absolute atomic E-state index is 0.350. The van der Waals surface area contributed by atoms with Crippen molar-refractivity contribution < 1.29 is 4.74 Å². The van der Waals surface area contributed by atoms with Crippen LogP contribution in [0.5, 0.6) is 5.88 Å². The zero-order valence-electron chi connectivity index (χ0n) is 10.3. The van der Waals surface area contributed by atoms with E-state index in [0.29, 0.717) is 23.9 Å². The van der Waals surface area contributed by atoms with E-state index in [2.05, 4.69) is 22.5 Å². The van der Waals surface area contributed by atoms with Gasteiger partial charge in [0.25, 0.3) is 0 Å². The molecule has 19 heavy (non-hydrogen) atoms. The van der Waals surface area contributed by atoms with Gasteiger partial charge in [-0.1, -0.05) is 30.7 Å². The Hall–Kier alpha value is -2.80. The van der Waals surface area contributed by atoms with E-state index in [-0.39, 0.29) is 0 Å². The minimum atomic E-state index is 0.350. The molecule has 0 aliphatic carbocycles. The Morgan fingerprint density at radius 2 is 2.05 bits per heavy atom. The van der Waals surface area contributed by atoms with Gasteiger partial charge in [0.05, 0.1) is 5.56 Å². The van der Waals surface area contributed by atoms with Crippen molar-refractivity contribution in [2.24, 2.45) is 0 Å². The van der Waals surface area contributed by atoms with E-state index in [1.807, 2.05) is 24.3 Å². The summed E-state index contributed by atoms with van der Waals surface area (Å²) in [6.45, 7) is 4.05. The molecule has 0 spiro atoms. The van der Waals surface area contributed by atoms with Gasteiger partial charge in [-0.15, -0.1) is 6.42 Å². The SMILES string of the molecule is C#Cc1ccc(COc2ncnc(N)c2C=C)cc1. The lowest BCUT2D eigenvalue weighted by molar-refractivity contribution is 0.293. The third kappa shape index (κ3) is 2.90. The number of nitrogens with two attached hydrogens (primary N) is 1. The Morgan fingerprint density at radius 3 is 2.68 bits per heavy atom. The molecule has 1 aromatic heterocycles. The normalized spacial score (nSPS) is 9.63. The van der Waals surface area contributed by atoms with Gasteiger partial charge in [-0.25, -0.2) is 9.97 Å². The number of nitrogen functional groups attached to an aromatic ring is 1. The van der Waals surface area contributed by atoms with Gasteiger partial charge >= 0.3 is 0 Å². The maximum atomic E-state index is 5.71. The maximum Gasteiger partial charge on any atom is 0.226 e. The second-order valence-corrected chi connectivity index (χ2v) is 3.81. The van der Waals surface area contributed by atoms with Crippen molar-refractivity contribution in [2.75, 3.05) is 5.73 Å². The number of anilines is 1. The molecule has 0 saturated carbocycles. The molecule has 2 N–H and O–H groups in total. The molecule has 1 aromatic carbocycles. The number of nitrogens with zero attached hydrogens (tertiary/aromatic N) is 2. The van der Waals surface area contributed by atoms with Crippen LogP contribution in [0.4, 0.5) is 5.82 Å². The van der Waals surface area contributed by atoms with Crippen molar-refractivity contribution in [3.05, 3.63) is 53.9 Å². The fourth-order valence-corrected chi connectivity index (χ4v) is 1.55. The second-order valence-electron chi connectivity index (χ2n) is 3.81. The number of ether oxygens (including phenoxy) is 1. The molecule has 2 aromatic rings. The zero-order valence-corrected chi connectivity index (χ0v) is 10.3. The van der Waals surface area contributed by atoms with Crippen LogP contribution in [0, 0.1) is 12.3 Å². The van der Waals surface area contributed by atoms with E-state index in [4.69, 9.17) is 16.9 Å². The summed E-state index contributed by atoms with van der Waals surface area (Å²) in [5, 5.41) is 0. The molecule has 1 heterocycles. The second kappa shape index (κ2) is 5.69. The van der Waals surface area contributed by atoms with Crippen molar-refractivity contribution >= 4 is 11.9 Å². The van der Waals surface area contributed by atoms with Gasteiger partial charge in [-0.3, -0.25) is 0 Å². The number of rotatable bonds is 4. The Labute approximate surface area is 112 Å². The Bertz CT molecular complexity index is 627.